The van der Waals surface area contributed by atoms with E-state index in [1.807, 2.05) is 0 Å². The van der Waals surface area contributed by atoms with Gasteiger partial charge in [0.1, 0.15) is 5.75 Å². The molecule has 5 heteroatoms. The van der Waals surface area contributed by atoms with Crippen molar-refractivity contribution in [1.29, 1.82) is 0 Å². The van der Waals surface area contributed by atoms with Gasteiger partial charge in [0.15, 0.2) is 0 Å². The van der Waals surface area contributed by atoms with Gasteiger partial charge in [-0.25, -0.2) is 4.79 Å². The van der Waals surface area contributed by atoms with Crippen LogP contribution in [-0.2, 0) is 9.47 Å². The van der Waals surface area contributed by atoms with Crippen molar-refractivity contribution in [1.82, 2.24) is 0 Å². The molecule has 1 fully saturated rings. The molecule has 0 aromatic heterocycles. The molecule has 20 heavy (non-hydrogen) atoms. The first-order chi connectivity index (χ1) is 9.70. The molecule has 1 unspecified atom stereocenters. The van der Waals surface area contributed by atoms with E-state index in [1.165, 1.54) is 0 Å². The Labute approximate surface area is 119 Å². The summed E-state index contributed by atoms with van der Waals surface area (Å²) in [5.74, 6) is 0.180. The monoisotopic (exact) mass is 279 g/mol. The third kappa shape index (κ3) is 3.87. The normalized spacial score (nSPS) is 17.9. The maximum Gasteiger partial charge on any atom is 0.340 e. The molecule has 0 radical (unpaired) electrons. The van der Waals surface area contributed by atoms with Crippen molar-refractivity contribution < 1.29 is 19.0 Å². The lowest BCUT2D eigenvalue weighted by Crippen LogP contribution is -2.11. The molecule has 1 aromatic carbocycles. The Kier molecular flexibility index (Phi) is 5.24. The molecule has 2 rings (SSSR count). The first kappa shape index (κ1) is 14.7. The summed E-state index contributed by atoms with van der Waals surface area (Å²) in [7, 11) is 1.54. The number of hydrogen-bond donors (Lipinski definition) is 1. The summed E-state index contributed by atoms with van der Waals surface area (Å²) in [6.07, 6.45) is 4.30. The Morgan fingerprint density at radius 2 is 2.35 bits per heavy atom. The molecule has 1 heterocycles. The summed E-state index contributed by atoms with van der Waals surface area (Å²) in [6.45, 7) is 1.24. The molecule has 1 aliphatic heterocycles. The highest BCUT2D eigenvalue weighted by Crippen LogP contribution is 2.21. The van der Waals surface area contributed by atoms with Crippen LogP contribution in [0.3, 0.4) is 0 Å². The first-order valence-corrected chi connectivity index (χ1v) is 6.93. The third-order valence-corrected chi connectivity index (χ3v) is 3.41. The van der Waals surface area contributed by atoms with Gasteiger partial charge in [0.05, 0.1) is 25.4 Å². The predicted octanol–water partition coefficient (Wildman–Crippen LogP) is 2.39. The minimum Gasteiger partial charge on any atom is -0.497 e. The molecule has 2 N–H and O–H groups in total. The molecule has 0 amide bonds. The maximum absolute atomic E-state index is 11.9. The Balaban J connectivity index is 1.79. The van der Waals surface area contributed by atoms with Crippen LogP contribution in [0.1, 0.15) is 36.0 Å². The van der Waals surface area contributed by atoms with E-state index in [0.717, 1.165) is 32.3 Å². The number of rotatable bonds is 6. The van der Waals surface area contributed by atoms with Gasteiger partial charge in [-0.05, 0) is 43.9 Å². The van der Waals surface area contributed by atoms with Crippen molar-refractivity contribution in [2.75, 3.05) is 26.1 Å². The fourth-order valence-electron chi connectivity index (χ4n) is 2.26. The average Bonchev–Trinajstić information content (AvgIpc) is 2.97. The van der Waals surface area contributed by atoms with E-state index < -0.39 is 5.97 Å². The second-order valence-corrected chi connectivity index (χ2v) is 4.87. The van der Waals surface area contributed by atoms with Gasteiger partial charge in [0.2, 0.25) is 0 Å². The molecule has 1 aromatic rings. The van der Waals surface area contributed by atoms with Crippen LogP contribution in [0, 0.1) is 0 Å². The molecule has 0 bridgehead atoms. The van der Waals surface area contributed by atoms with E-state index in [1.54, 1.807) is 25.3 Å². The first-order valence-electron chi connectivity index (χ1n) is 6.93. The summed E-state index contributed by atoms with van der Waals surface area (Å²) in [6, 6.07) is 4.95. The number of nitrogens with two attached hydrogens (primary N) is 1. The van der Waals surface area contributed by atoms with Crippen LogP contribution in [0.5, 0.6) is 5.75 Å². The number of carbonyl (C=O) groups is 1. The largest absolute Gasteiger partial charge is 0.497 e. The lowest BCUT2D eigenvalue weighted by Gasteiger charge is -2.10. The summed E-state index contributed by atoms with van der Waals surface area (Å²) in [4.78, 5) is 11.9. The zero-order valence-corrected chi connectivity index (χ0v) is 11.8. The molecule has 0 aliphatic carbocycles. The fraction of sp³-hybridized carbons (Fsp3) is 0.533. The average molecular weight is 279 g/mol. The van der Waals surface area contributed by atoms with Crippen LogP contribution in [0.2, 0.25) is 0 Å². The van der Waals surface area contributed by atoms with Gasteiger partial charge < -0.3 is 19.9 Å². The number of ether oxygens (including phenoxy) is 3. The highest BCUT2D eigenvalue weighted by atomic mass is 16.5. The minimum atomic E-state index is -0.409. The summed E-state index contributed by atoms with van der Waals surface area (Å²) in [5, 5.41) is 0. The molecule has 5 nitrogen and oxygen atoms in total. The molecular weight excluding hydrogens is 258 g/mol. The number of methoxy groups -OCH3 is 1. The van der Waals surface area contributed by atoms with E-state index in [0.29, 0.717) is 29.7 Å². The summed E-state index contributed by atoms with van der Waals surface area (Å²) >= 11 is 0. The fourth-order valence-corrected chi connectivity index (χ4v) is 2.26. The van der Waals surface area contributed by atoms with E-state index >= 15 is 0 Å². The van der Waals surface area contributed by atoms with Gasteiger partial charge in [-0.2, -0.15) is 0 Å². The predicted molar refractivity (Wildman–Crippen MR) is 75.9 cm³/mol. The summed E-state index contributed by atoms with van der Waals surface area (Å²) in [5.41, 5.74) is 6.52. The highest BCUT2D eigenvalue weighted by molar-refractivity contribution is 5.95. The second kappa shape index (κ2) is 7.14. The van der Waals surface area contributed by atoms with Crippen molar-refractivity contribution in [3.8, 4) is 5.75 Å². The Bertz CT molecular complexity index is 455. The van der Waals surface area contributed by atoms with Gasteiger partial charge in [-0.15, -0.1) is 0 Å². The van der Waals surface area contributed by atoms with Crippen molar-refractivity contribution in [2.24, 2.45) is 0 Å². The number of anilines is 1. The number of hydrogen-bond acceptors (Lipinski definition) is 5. The molecule has 0 spiro atoms. The quantitative estimate of drug-likeness (QED) is 0.492. The Morgan fingerprint density at radius 3 is 3.05 bits per heavy atom. The van der Waals surface area contributed by atoms with Crippen LogP contribution in [0.15, 0.2) is 18.2 Å². The minimum absolute atomic E-state index is 0.329. The maximum atomic E-state index is 11.9. The van der Waals surface area contributed by atoms with E-state index in [-0.39, 0.29) is 0 Å². The molecule has 0 saturated carbocycles. The SMILES string of the molecule is COc1ccc(N)c(C(=O)OCCCC2CCCO2)c1. The Morgan fingerprint density at radius 1 is 1.50 bits per heavy atom. The second-order valence-electron chi connectivity index (χ2n) is 4.87. The van der Waals surface area contributed by atoms with E-state index in [4.69, 9.17) is 19.9 Å². The molecule has 1 saturated heterocycles. The lowest BCUT2D eigenvalue weighted by atomic mass is 10.1. The van der Waals surface area contributed by atoms with Gasteiger partial charge in [-0.3, -0.25) is 0 Å². The smallest absolute Gasteiger partial charge is 0.340 e. The van der Waals surface area contributed by atoms with Crippen molar-refractivity contribution in [3.63, 3.8) is 0 Å². The van der Waals surface area contributed by atoms with Crippen molar-refractivity contribution in [3.05, 3.63) is 23.8 Å². The van der Waals surface area contributed by atoms with Gasteiger partial charge >= 0.3 is 5.97 Å². The van der Waals surface area contributed by atoms with Crippen LogP contribution in [0.4, 0.5) is 5.69 Å². The highest BCUT2D eigenvalue weighted by Gasteiger charge is 2.16. The van der Waals surface area contributed by atoms with Gasteiger partial charge in [0, 0.05) is 12.3 Å². The summed E-state index contributed by atoms with van der Waals surface area (Å²) < 4.78 is 15.8. The number of benzene rings is 1. The number of esters is 1. The lowest BCUT2D eigenvalue weighted by molar-refractivity contribution is 0.0462. The van der Waals surface area contributed by atoms with E-state index in [2.05, 4.69) is 0 Å². The number of nitrogen functional groups attached to an aromatic ring is 1. The standard InChI is InChI=1S/C15H21NO4/c1-18-12-6-7-14(16)13(10-12)15(17)20-9-3-5-11-4-2-8-19-11/h6-7,10-11H,2-5,8-9,16H2,1H3. The van der Waals surface area contributed by atoms with Crippen LogP contribution < -0.4 is 10.5 Å². The zero-order chi connectivity index (χ0) is 14.4. The van der Waals surface area contributed by atoms with Crippen LogP contribution in [0.25, 0.3) is 0 Å². The number of carbonyl (C=O) groups excluding carboxylic acids is 1. The molecular formula is C15H21NO4. The van der Waals surface area contributed by atoms with Gasteiger partial charge in [0.25, 0.3) is 0 Å². The molecule has 1 aliphatic rings. The van der Waals surface area contributed by atoms with Crippen LogP contribution >= 0.6 is 0 Å². The van der Waals surface area contributed by atoms with E-state index in [9.17, 15) is 4.79 Å². The third-order valence-electron chi connectivity index (χ3n) is 3.41. The molecule has 1 atom stereocenters. The zero-order valence-electron chi connectivity index (χ0n) is 11.8. The molecule has 110 valence electrons. The van der Waals surface area contributed by atoms with Crippen LogP contribution in [-0.4, -0.2) is 32.4 Å². The Hall–Kier alpha value is -1.75. The topological polar surface area (TPSA) is 70.8 Å². The van der Waals surface area contributed by atoms with Gasteiger partial charge in [-0.1, -0.05) is 0 Å². The van der Waals surface area contributed by atoms with Crippen molar-refractivity contribution >= 4 is 11.7 Å². The van der Waals surface area contributed by atoms with Crippen molar-refractivity contribution in [2.45, 2.75) is 31.8 Å².